The third-order valence-electron chi connectivity index (χ3n) is 4.57. The van der Waals surface area contributed by atoms with Crippen molar-refractivity contribution in [2.45, 2.75) is 25.7 Å². The Bertz CT molecular complexity index is 511. The van der Waals surface area contributed by atoms with Gasteiger partial charge in [-0.15, -0.1) is 0 Å². The number of hydrogen-bond acceptors (Lipinski definition) is 2. The quantitative estimate of drug-likeness (QED) is 0.836. The van der Waals surface area contributed by atoms with Crippen molar-refractivity contribution in [1.82, 2.24) is 9.80 Å². The summed E-state index contributed by atoms with van der Waals surface area (Å²) in [6.45, 7) is 2.84. The third-order valence-corrected chi connectivity index (χ3v) is 4.57. The number of carbonyl (C=O) groups excluding carboxylic acids is 2. The summed E-state index contributed by atoms with van der Waals surface area (Å²) in [5, 5.41) is 0. The van der Waals surface area contributed by atoms with E-state index in [9.17, 15) is 9.59 Å². The minimum absolute atomic E-state index is 0.0774. The van der Waals surface area contributed by atoms with Crippen molar-refractivity contribution in [3.8, 4) is 0 Å². The zero-order valence-corrected chi connectivity index (χ0v) is 12.3. The minimum Gasteiger partial charge on any atom is -0.341 e. The maximum Gasteiger partial charge on any atom is 0.253 e. The molecule has 112 valence electrons. The molecule has 1 aromatic carbocycles. The second-order valence-corrected chi connectivity index (χ2v) is 5.96. The molecule has 4 nitrogen and oxygen atoms in total. The van der Waals surface area contributed by atoms with Crippen LogP contribution in [-0.4, -0.2) is 47.8 Å². The largest absolute Gasteiger partial charge is 0.341 e. The van der Waals surface area contributed by atoms with E-state index in [2.05, 4.69) is 0 Å². The lowest BCUT2D eigenvalue weighted by Crippen LogP contribution is -2.41. The summed E-state index contributed by atoms with van der Waals surface area (Å²) in [6, 6.07) is 9.39. The topological polar surface area (TPSA) is 40.6 Å². The Morgan fingerprint density at radius 1 is 0.857 bits per heavy atom. The Morgan fingerprint density at radius 3 is 2.19 bits per heavy atom. The van der Waals surface area contributed by atoms with Crippen LogP contribution in [0.5, 0.6) is 0 Å². The zero-order valence-electron chi connectivity index (χ0n) is 12.3. The van der Waals surface area contributed by atoms with Crippen molar-refractivity contribution >= 4 is 11.8 Å². The predicted octanol–water partition coefficient (Wildman–Crippen LogP) is 2.16. The molecule has 21 heavy (non-hydrogen) atoms. The van der Waals surface area contributed by atoms with E-state index in [-0.39, 0.29) is 11.8 Å². The molecule has 0 N–H and O–H groups in total. The first kappa shape index (κ1) is 14.1. The molecule has 1 heterocycles. The first-order valence-electron chi connectivity index (χ1n) is 7.89. The van der Waals surface area contributed by atoms with Crippen LogP contribution in [0.25, 0.3) is 0 Å². The summed E-state index contributed by atoms with van der Waals surface area (Å²) >= 11 is 0. The Balaban J connectivity index is 1.60. The SMILES string of the molecule is O=C(c1ccccc1)N1CCCN(C(=O)C2CCC2)CC1. The molecule has 1 aliphatic carbocycles. The third kappa shape index (κ3) is 3.09. The lowest BCUT2D eigenvalue weighted by Gasteiger charge is -2.31. The highest BCUT2D eigenvalue weighted by molar-refractivity contribution is 5.94. The van der Waals surface area contributed by atoms with Gasteiger partial charge in [0.05, 0.1) is 0 Å². The molecule has 0 atom stereocenters. The summed E-state index contributed by atoms with van der Waals surface area (Å²) in [6.07, 6.45) is 4.14. The molecule has 0 aromatic heterocycles. The van der Waals surface area contributed by atoms with Gasteiger partial charge in [-0.1, -0.05) is 24.6 Å². The number of nitrogens with zero attached hydrogens (tertiary/aromatic N) is 2. The van der Waals surface area contributed by atoms with E-state index >= 15 is 0 Å². The Labute approximate surface area is 125 Å². The normalized spacial score (nSPS) is 19.8. The Morgan fingerprint density at radius 2 is 1.52 bits per heavy atom. The predicted molar refractivity (Wildman–Crippen MR) is 80.9 cm³/mol. The summed E-state index contributed by atoms with van der Waals surface area (Å²) in [7, 11) is 0. The molecule has 0 radical (unpaired) electrons. The molecule has 1 saturated heterocycles. The van der Waals surface area contributed by atoms with Gasteiger partial charge in [0.2, 0.25) is 5.91 Å². The molecule has 1 aromatic rings. The van der Waals surface area contributed by atoms with Crippen LogP contribution in [0, 0.1) is 5.92 Å². The molecular formula is C17H22N2O2. The van der Waals surface area contributed by atoms with Crippen molar-refractivity contribution < 1.29 is 9.59 Å². The second kappa shape index (κ2) is 6.29. The van der Waals surface area contributed by atoms with Crippen LogP contribution in [0.2, 0.25) is 0 Å². The number of rotatable bonds is 2. The molecule has 0 unspecified atom stereocenters. The van der Waals surface area contributed by atoms with Crippen LogP contribution >= 0.6 is 0 Å². The van der Waals surface area contributed by atoms with E-state index in [4.69, 9.17) is 0 Å². The summed E-state index contributed by atoms with van der Waals surface area (Å²) < 4.78 is 0. The van der Waals surface area contributed by atoms with Gasteiger partial charge in [-0.05, 0) is 31.4 Å². The molecule has 1 saturated carbocycles. The lowest BCUT2D eigenvalue weighted by atomic mass is 9.84. The molecule has 2 amide bonds. The highest BCUT2D eigenvalue weighted by Crippen LogP contribution is 2.28. The van der Waals surface area contributed by atoms with Crippen molar-refractivity contribution in [3.63, 3.8) is 0 Å². The van der Waals surface area contributed by atoms with Crippen molar-refractivity contribution in [2.75, 3.05) is 26.2 Å². The average molecular weight is 286 g/mol. The highest BCUT2D eigenvalue weighted by Gasteiger charge is 2.30. The fraction of sp³-hybridized carbons (Fsp3) is 0.529. The zero-order chi connectivity index (χ0) is 14.7. The van der Waals surface area contributed by atoms with E-state index in [1.165, 1.54) is 6.42 Å². The van der Waals surface area contributed by atoms with Gasteiger partial charge in [-0.3, -0.25) is 9.59 Å². The summed E-state index contributed by atoms with van der Waals surface area (Å²) in [4.78, 5) is 28.6. The van der Waals surface area contributed by atoms with Crippen LogP contribution < -0.4 is 0 Å². The molecule has 4 heteroatoms. The van der Waals surface area contributed by atoms with Gasteiger partial charge in [-0.2, -0.15) is 0 Å². The van der Waals surface area contributed by atoms with E-state index in [1.807, 2.05) is 40.1 Å². The summed E-state index contributed by atoms with van der Waals surface area (Å²) in [5.74, 6) is 0.630. The van der Waals surface area contributed by atoms with Crippen LogP contribution in [0.1, 0.15) is 36.0 Å². The van der Waals surface area contributed by atoms with E-state index in [0.29, 0.717) is 19.0 Å². The van der Waals surface area contributed by atoms with Gasteiger partial charge in [0.25, 0.3) is 5.91 Å². The Hall–Kier alpha value is -1.84. The molecule has 2 fully saturated rings. The van der Waals surface area contributed by atoms with Crippen LogP contribution in [-0.2, 0) is 4.79 Å². The average Bonchev–Trinajstić information content (AvgIpc) is 2.71. The molecule has 2 aliphatic rings. The van der Waals surface area contributed by atoms with Gasteiger partial charge >= 0.3 is 0 Å². The van der Waals surface area contributed by atoms with Crippen molar-refractivity contribution in [3.05, 3.63) is 35.9 Å². The van der Waals surface area contributed by atoms with Gasteiger partial charge < -0.3 is 9.80 Å². The first-order valence-corrected chi connectivity index (χ1v) is 7.89. The number of amides is 2. The second-order valence-electron chi connectivity index (χ2n) is 5.96. The maximum atomic E-state index is 12.5. The van der Waals surface area contributed by atoms with Crippen molar-refractivity contribution in [2.24, 2.45) is 5.92 Å². The van der Waals surface area contributed by atoms with Gasteiger partial charge in [0, 0.05) is 37.7 Å². The van der Waals surface area contributed by atoms with Gasteiger partial charge in [0.1, 0.15) is 0 Å². The minimum atomic E-state index is 0.0774. The molecule has 0 bridgehead atoms. The smallest absolute Gasteiger partial charge is 0.253 e. The molecule has 1 aliphatic heterocycles. The standard InChI is InChI=1S/C17H22N2O2/c20-16(14-6-2-1-3-7-14)18-10-5-11-19(13-12-18)17(21)15-8-4-9-15/h1-3,6-7,15H,4-5,8-13H2. The number of hydrogen-bond donors (Lipinski definition) is 0. The van der Waals surface area contributed by atoms with Crippen LogP contribution in [0.15, 0.2) is 30.3 Å². The molecule has 3 rings (SSSR count). The Kier molecular flexibility index (Phi) is 4.23. The molecule has 0 spiro atoms. The van der Waals surface area contributed by atoms with Crippen LogP contribution in [0.4, 0.5) is 0 Å². The first-order chi connectivity index (χ1) is 10.3. The lowest BCUT2D eigenvalue weighted by molar-refractivity contribution is -0.138. The van der Waals surface area contributed by atoms with E-state index in [0.717, 1.165) is 37.9 Å². The van der Waals surface area contributed by atoms with Gasteiger partial charge in [-0.25, -0.2) is 0 Å². The van der Waals surface area contributed by atoms with E-state index < -0.39 is 0 Å². The van der Waals surface area contributed by atoms with Crippen LogP contribution in [0.3, 0.4) is 0 Å². The monoisotopic (exact) mass is 286 g/mol. The fourth-order valence-electron chi connectivity index (χ4n) is 3.02. The van der Waals surface area contributed by atoms with Crippen molar-refractivity contribution in [1.29, 1.82) is 0 Å². The summed E-state index contributed by atoms with van der Waals surface area (Å²) in [5.41, 5.74) is 0.733. The van der Waals surface area contributed by atoms with E-state index in [1.54, 1.807) is 0 Å². The van der Waals surface area contributed by atoms with Gasteiger partial charge in [0.15, 0.2) is 0 Å². The number of benzene rings is 1. The number of carbonyl (C=O) groups is 2. The fourth-order valence-corrected chi connectivity index (χ4v) is 3.02. The molecular weight excluding hydrogens is 264 g/mol. The highest BCUT2D eigenvalue weighted by atomic mass is 16.2. The maximum absolute atomic E-state index is 12.5.